The Morgan fingerprint density at radius 1 is 1.30 bits per heavy atom. The second-order valence-corrected chi connectivity index (χ2v) is 5.38. The molecule has 0 aromatic carbocycles. The number of nitrogens with zero attached hydrogens (tertiary/aromatic N) is 4. The average molecular weight is 321 g/mol. The minimum absolute atomic E-state index is 0.0591. The number of rotatable bonds is 7. The summed E-state index contributed by atoms with van der Waals surface area (Å²) >= 11 is 0. The molecule has 1 amide bonds. The van der Waals surface area contributed by atoms with Crippen molar-refractivity contribution in [1.29, 1.82) is 0 Å². The summed E-state index contributed by atoms with van der Waals surface area (Å²) in [5.41, 5.74) is 0.390. The molecular weight excluding hydrogens is 298 g/mol. The molecule has 0 bridgehead atoms. The molecule has 23 heavy (non-hydrogen) atoms. The zero-order valence-electron chi connectivity index (χ0n) is 14.0. The quantitative estimate of drug-likeness (QED) is 0.796. The fraction of sp³-hybridized carbons (Fsp3) is 0.600. The number of carbonyl (C=O) groups is 1. The third kappa shape index (κ3) is 3.76. The molecule has 2 heterocycles. The molecule has 0 unspecified atom stereocenters. The van der Waals surface area contributed by atoms with E-state index in [1.807, 2.05) is 0 Å². The molecule has 0 atom stereocenters. The number of likely N-dealkylation sites (N-methyl/N-ethyl adjacent to an activating group) is 1. The number of aryl methyl sites for hydroxylation is 2. The molecule has 2 rings (SSSR count). The van der Waals surface area contributed by atoms with Crippen LogP contribution in [0.1, 0.15) is 25.4 Å². The van der Waals surface area contributed by atoms with Crippen LogP contribution in [0.25, 0.3) is 11.1 Å². The van der Waals surface area contributed by atoms with Gasteiger partial charge in [-0.25, -0.2) is 0 Å². The first-order valence-corrected chi connectivity index (χ1v) is 7.80. The van der Waals surface area contributed by atoms with Gasteiger partial charge in [0, 0.05) is 13.1 Å². The van der Waals surface area contributed by atoms with Gasteiger partial charge in [0.2, 0.25) is 5.91 Å². The summed E-state index contributed by atoms with van der Waals surface area (Å²) < 4.78 is 6.35. The molecule has 2 aromatic heterocycles. The number of carbonyl (C=O) groups excluding carboxylic acids is 1. The van der Waals surface area contributed by atoms with Gasteiger partial charge in [0.05, 0.1) is 5.69 Å². The van der Waals surface area contributed by atoms with Gasteiger partial charge in [-0.2, -0.15) is 4.98 Å². The summed E-state index contributed by atoms with van der Waals surface area (Å²) in [5.74, 6) is 0.218. The van der Waals surface area contributed by atoms with Crippen molar-refractivity contribution in [3.8, 4) is 0 Å². The van der Waals surface area contributed by atoms with Gasteiger partial charge in [-0.05, 0) is 26.9 Å². The van der Waals surface area contributed by atoms with Crippen LogP contribution >= 0.6 is 0 Å². The molecule has 0 aliphatic carbocycles. The van der Waals surface area contributed by atoms with Crippen molar-refractivity contribution < 1.29 is 9.32 Å². The van der Waals surface area contributed by atoms with Gasteiger partial charge >= 0.3 is 0 Å². The molecule has 0 aliphatic rings. The van der Waals surface area contributed by atoms with Crippen molar-refractivity contribution in [3.05, 3.63) is 21.9 Å². The van der Waals surface area contributed by atoms with Crippen LogP contribution in [-0.2, 0) is 11.3 Å². The Morgan fingerprint density at radius 2 is 2.00 bits per heavy atom. The fourth-order valence-electron chi connectivity index (χ4n) is 2.45. The smallest absolute Gasteiger partial charge is 0.267 e. The van der Waals surface area contributed by atoms with Gasteiger partial charge in [-0.3, -0.25) is 14.2 Å². The summed E-state index contributed by atoms with van der Waals surface area (Å²) in [6.07, 6.45) is 0. The highest BCUT2D eigenvalue weighted by molar-refractivity contribution is 5.77. The highest BCUT2D eigenvalue weighted by Crippen LogP contribution is 2.11. The van der Waals surface area contributed by atoms with Crippen LogP contribution in [0.5, 0.6) is 0 Å². The Labute approximate surface area is 134 Å². The third-order valence-electron chi connectivity index (χ3n) is 3.90. The predicted molar refractivity (Wildman–Crippen MR) is 86.3 cm³/mol. The summed E-state index contributed by atoms with van der Waals surface area (Å²) in [6, 6.07) is 0. The Balaban J connectivity index is 2.08. The second kappa shape index (κ2) is 7.36. The first-order valence-electron chi connectivity index (χ1n) is 7.80. The molecule has 0 saturated carbocycles. The lowest BCUT2D eigenvalue weighted by Crippen LogP contribution is -2.38. The third-order valence-corrected chi connectivity index (χ3v) is 3.90. The summed E-state index contributed by atoms with van der Waals surface area (Å²) in [7, 11) is 0. The van der Waals surface area contributed by atoms with E-state index in [1.165, 1.54) is 4.57 Å². The zero-order chi connectivity index (χ0) is 17.0. The monoisotopic (exact) mass is 321 g/mol. The van der Waals surface area contributed by atoms with Crippen LogP contribution in [0.15, 0.2) is 9.32 Å². The van der Waals surface area contributed by atoms with Gasteiger partial charge in [0.15, 0.2) is 0 Å². The van der Waals surface area contributed by atoms with E-state index in [1.54, 1.807) is 13.8 Å². The van der Waals surface area contributed by atoms with Crippen LogP contribution < -0.4 is 10.9 Å². The van der Waals surface area contributed by atoms with Gasteiger partial charge in [-0.1, -0.05) is 19.0 Å². The predicted octanol–water partition coefficient (Wildman–Crippen LogP) is 0.459. The molecule has 1 N–H and O–H groups in total. The van der Waals surface area contributed by atoms with E-state index in [2.05, 4.69) is 34.2 Å². The van der Waals surface area contributed by atoms with E-state index in [9.17, 15) is 9.59 Å². The van der Waals surface area contributed by atoms with Crippen molar-refractivity contribution in [2.45, 2.75) is 34.2 Å². The number of hydrogen-bond acceptors (Lipinski definition) is 6. The first-order chi connectivity index (χ1) is 11.0. The number of hydrogen-bond donors (Lipinski definition) is 1. The van der Waals surface area contributed by atoms with Crippen LogP contribution in [0.3, 0.4) is 0 Å². The van der Waals surface area contributed by atoms with Crippen LogP contribution in [0.4, 0.5) is 0 Å². The maximum atomic E-state index is 12.5. The van der Waals surface area contributed by atoms with Crippen molar-refractivity contribution in [3.63, 3.8) is 0 Å². The van der Waals surface area contributed by atoms with Gasteiger partial charge < -0.3 is 14.7 Å². The SMILES string of the molecule is CCN(CC)CCNC(=O)Cn1c(C)nc2onc(C)c2c1=O. The van der Waals surface area contributed by atoms with E-state index in [-0.39, 0.29) is 23.7 Å². The molecule has 0 radical (unpaired) electrons. The van der Waals surface area contributed by atoms with E-state index < -0.39 is 0 Å². The summed E-state index contributed by atoms with van der Waals surface area (Å²) in [4.78, 5) is 31.0. The highest BCUT2D eigenvalue weighted by Gasteiger charge is 2.16. The molecule has 0 saturated heterocycles. The lowest BCUT2D eigenvalue weighted by molar-refractivity contribution is -0.121. The summed E-state index contributed by atoms with van der Waals surface area (Å²) in [5, 5.41) is 6.91. The topological polar surface area (TPSA) is 93.3 Å². The van der Waals surface area contributed by atoms with Gasteiger partial charge in [0.25, 0.3) is 11.3 Å². The van der Waals surface area contributed by atoms with E-state index in [0.717, 1.165) is 19.6 Å². The molecule has 0 aliphatic heterocycles. The Morgan fingerprint density at radius 3 is 2.65 bits per heavy atom. The standard InChI is InChI=1S/C15H23N5O3/c1-5-19(6-2)8-7-16-12(21)9-20-11(4)17-14-13(15(20)22)10(3)18-23-14/h5-9H2,1-4H3,(H,16,21). The van der Waals surface area contributed by atoms with Crippen molar-refractivity contribution in [2.75, 3.05) is 26.2 Å². The molecule has 126 valence electrons. The lowest BCUT2D eigenvalue weighted by atomic mass is 10.3. The molecule has 8 heteroatoms. The largest absolute Gasteiger partial charge is 0.353 e. The zero-order valence-corrected chi connectivity index (χ0v) is 14.0. The van der Waals surface area contributed by atoms with Gasteiger partial charge in [0.1, 0.15) is 17.8 Å². The lowest BCUT2D eigenvalue weighted by Gasteiger charge is -2.18. The van der Waals surface area contributed by atoms with Crippen LogP contribution in [0.2, 0.25) is 0 Å². The second-order valence-electron chi connectivity index (χ2n) is 5.38. The highest BCUT2D eigenvalue weighted by atomic mass is 16.5. The molecule has 8 nitrogen and oxygen atoms in total. The van der Waals surface area contributed by atoms with Crippen molar-refractivity contribution in [2.24, 2.45) is 0 Å². The molecular formula is C15H23N5O3. The van der Waals surface area contributed by atoms with E-state index in [0.29, 0.717) is 23.4 Å². The van der Waals surface area contributed by atoms with Gasteiger partial charge in [-0.15, -0.1) is 0 Å². The Kier molecular flexibility index (Phi) is 5.49. The van der Waals surface area contributed by atoms with E-state index in [4.69, 9.17) is 4.52 Å². The fourth-order valence-corrected chi connectivity index (χ4v) is 2.45. The Bertz CT molecular complexity index is 745. The maximum absolute atomic E-state index is 12.5. The maximum Gasteiger partial charge on any atom is 0.267 e. The number of fused-ring (bicyclic) bond motifs is 1. The number of nitrogens with one attached hydrogen (secondary N) is 1. The van der Waals surface area contributed by atoms with Crippen molar-refractivity contribution in [1.82, 2.24) is 24.9 Å². The van der Waals surface area contributed by atoms with E-state index >= 15 is 0 Å². The summed E-state index contributed by atoms with van der Waals surface area (Å²) in [6.45, 7) is 10.7. The molecule has 0 fully saturated rings. The van der Waals surface area contributed by atoms with Crippen LogP contribution in [0, 0.1) is 13.8 Å². The average Bonchev–Trinajstić information content (AvgIpc) is 2.89. The number of amides is 1. The normalized spacial score (nSPS) is 11.3. The van der Waals surface area contributed by atoms with Crippen molar-refractivity contribution >= 4 is 17.0 Å². The minimum atomic E-state index is -0.301. The Hall–Kier alpha value is -2.22. The minimum Gasteiger partial charge on any atom is -0.353 e. The van der Waals surface area contributed by atoms with Crippen LogP contribution in [-0.4, -0.2) is 51.7 Å². The molecule has 0 spiro atoms. The number of aromatic nitrogens is 3. The molecule has 2 aromatic rings. The first kappa shape index (κ1) is 17.1.